The Kier molecular flexibility index (Phi) is 6.23. The molecule has 2 aromatic carbocycles. The molecule has 4 aromatic rings. The number of amides is 2. The van der Waals surface area contributed by atoms with Crippen LogP contribution in [0.15, 0.2) is 58.9 Å². The van der Waals surface area contributed by atoms with Crippen molar-refractivity contribution >= 4 is 75.0 Å². The lowest BCUT2D eigenvalue weighted by Crippen LogP contribution is -2.54. The van der Waals surface area contributed by atoms with Gasteiger partial charge in [0, 0.05) is 11.4 Å². The van der Waals surface area contributed by atoms with Crippen LogP contribution < -0.4 is 15.8 Å². The fourth-order valence-corrected chi connectivity index (χ4v) is 5.05. The molecule has 8 nitrogen and oxygen atoms in total. The normalized spacial score (nSPS) is 15.1. The van der Waals surface area contributed by atoms with E-state index >= 15 is 0 Å². The minimum absolute atomic E-state index is 0.105. The highest BCUT2D eigenvalue weighted by molar-refractivity contribution is 7.80. The highest BCUT2D eigenvalue weighted by Crippen LogP contribution is 2.34. The lowest BCUT2D eigenvalue weighted by molar-refractivity contribution is -0.122. The number of anilines is 1. The van der Waals surface area contributed by atoms with E-state index in [-0.39, 0.29) is 32.0 Å². The van der Waals surface area contributed by atoms with Crippen LogP contribution >= 0.6 is 35.4 Å². The van der Waals surface area contributed by atoms with E-state index < -0.39 is 11.8 Å². The van der Waals surface area contributed by atoms with Gasteiger partial charge in [0.05, 0.1) is 26.6 Å². The standard InChI is InChI=1S/C26H19Cl2N5O3S/c1-13-11-16(14(2)32(13)33-15(3)29-20-9-5-4-7-17(20)25(33)36)12-18-23(34)30-26(37)31(24(18)35)21-10-6-8-19(27)22(21)28/h4-12H,1-3H3,(H,30,34,37). The van der Waals surface area contributed by atoms with Gasteiger partial charge in [0.15, 0.2) is 5.11 Å². The summed E-state index contributed by atoms with van der Waals surface area (Å²) in [5, 5.41) is 3.29. The molecule has 1 fully saturated rings. The summed E-state index contributed by atoms with van der Waals surface area (Å²) in [5.41, 5.74) is 2.39. The molecule has 5 rings (SSSR count). The second kappa shape index (κ2) is 9.26. The summed E-state index contributed by atoms with van der Waals surface area (Å²) in [6.45, 7) is 5.37. The number of hydrogen-bond donors (Lipinski definition) is 1. The molecule has 1 N–H and O–H groups in total. The van der Waals surface area contributed by atoms with Crippen LogP contribution in [0.25, 0.3) is 17.0 Å². The third-order valence-corrected chi connectivity index (χ3v) is 7.22. The van der Waals surface area contributed by atoms with Gasteiger partial charge in [-0.25, -0.2) is 4.98 Å². The van der Waals surface area contributed by atoms with Crippen molar-refractivity contribution in [3.05, 3.63) is 97.3 Å². The van der Waals surface area contributed by atoms with Crippen molar-refractivity contribution < 1.29 is 9.59 Å². The van der Waals surface area contributed by atoms with E-state index in [2.05, 4.69) is 10.3 Å². The summed E-state index contributed by atoms with van der Waals surface area (Å²) in [4.78, 5) is 45.4. The first kappa shape index (κ1) is 24.9. The number of benzene rings is 2. The molecule has 37 heavy (non-hydrogen) atoms. The summed E-state index contributed by atoms with van der Waals surface area (Å²) in [6, 6.07) is 13.7. The molecular formula is C26H19Cl2N5O3S. The topological polar surface area (TPSA) is 89.2 Å². The largest absolute Gasteiger partial charge is 0.298 e. The van der Waals surface area contributed by atoms with Crippen molar-refractivity contribution in [2.45, 2.75) is 20.8 Å². The molecule has 1 aliphatic heterocycles. The molecule has 0 atom stereocenters. The van der Waals surface area contributed by atoms with E-state index in [1.165, 1.54) is 10.8 Å². The summed E-state index contributed by atoms with van der Waals surface area (Å²) in [7, 11) is 0. The molecule has 1 aliphatic rings. The molecule has 1 saturated heterocycles. The monoisotopic (exact) mass is 551 g/mol. The lowest BCUT2D eigenvalue weighted by Gasteiger charge is -2.29. The van der Waals surface area contributed by atoms with Gasteiger partial charge >= 0.3 is 0 Å². The highest BCUT2D eigenvalue weighted by atomic mass is 35.5. The Labute approximate surface area is 226 Å². The third kappa shape index (κ3) is 4.05. The Morgan fingerprint density at radius 2 is 1.70 bits per heavy atom. The van der Waals surface area contributed by atoms with Gasteiger partial charge in [-0.05, 0) is 75.0 Å². The van der Waals surface area contributed by atoms with Crippen molar-refractivity contribution in [3.63, 3.8) is 0 Å². The molecular weight excluding hydrogens is 533 g/mol. The molecule has 2 amide bonds. The maximum absolute atomic E-state index is 13.5. The summed E-state index contributed by atoms with van der Waals surface area (Å²) >= 11 is 17.7. The molecule has 11 heteroatoms. The predicted molar refractivity (Wildman–Crippen MR) is 148 cm³/mol. The average molecular weight is 552 g/mol. The van der Waals surface area contributed by atoms with Crippen molar-refractivity contribution in [3.8, 4) is 0 Å². The highest BCUT2D eigenvalue weighted by Gasteiger charge is 2.36. The fourth-order valence-electron chi connectivity index (χ4n) is 4.40. The Balaban J connectivity index is 1.64. The zero-order valence-electron chi connectivity index (χ0n) is 19.9. The Hall–Kier alpha value is -3.79. The summed E-state index contributed by atoms with van der Waals surface area (Å²) in [5.74, 6) is -0.804. The number of aromatic nitrogens is 3. The molecule has 0 aliphatic carbocycles. The van der Waals surface area contributed by atoms with Crippen LogP contribution in [0, 0.1) is 20.8 Å². The number of fused-ring (bicyclic) bond motifs is 1. The number of nitrogens with zero attached hydrogens (tertiary/aromatic N) is 4. The number of halogens is 2. The van der Waals surface area contributed by atoms with Crippen molar-refractivity contribution in [1.82, 2.24) is 19.7 Å². The number of para-hydroxylation sites is 1. The molecule has 0 spiro atoms. The first-order valence-electron chi connectivity index (χ1n) is 11.1. The quantitative estimate of drug-likeness (QED) is 0.229. The smallest absolute Gasteiger partial charge is 0.280 e. The minimum Gasteiger partial charge on any atom is -0.298 e. The number of thiocarbonyl (C=S) groups is 1. The van der Waals surface area contributed by atoms with Gasteiger partial charge in [-0.15, -0.1) is 0 Å². The number of rotatable bonds is 3. The van der Waals surface area contributed by atoms with Crippen molar-refractivity contribution in [2.24, 2.45) is 0 Å². The van der Waals surface area contributed by atoms with Crippen LogP contribution in [-0.4, -0.2) is 31.3 Å². The summed E-state index contributed by atoms with van der Waals surface area (Å²) < 4.78 is 3.19. The first-order valence-corrected chi connectivity index (χ1v) is 12.3. The zero-order chi connectivity index (χ0) is 26.6. The van der Waals surface area contributed by atoms with Crippen LogP contribution in [0.4, 0.5) is 5.69 Å². The van der Waals surface area contributed by atoms with Gasteiger partial charge < -0.3 is 0 Å². The molecule has 0 unspecified atom stereocenters. The maximum atomic E-state index is 13.5. The predicted octanol–water partition coefficient (Wildman–Crippen LogP) is 4.57. The number of hydrogen-bond acceptors (Lipinski definition) is 5. The lowest BCUT2D eigenvalue weighted by atomic mass is 10.1. The van der Waals surface area contributed by atoms with Crippen molar-refractivity contribution in [2.75, 3.05) is 4.90 Å². The van der Waals surface area contributed by atoms with Crippen LogP contribution in [0.2, 0.25) is 10.0 Å². The van der Waals surface area contributed by atoms with Crippen LogP contribution in [0.5, 0.6) is 0 Å². The number of aryl methyl sites for hydroxylation is 2. The molecule has 0 saturated carbocycles. The van der Waals surface area contributed by atoms with E-state index in [0.717, 1.165) is 4.90 Å². The van der Waals surface area contributed by atoms with Crippen LogP contribution in [0.1, 0.15) is 22.8 Å². The Morgan fingerprint density at radius 1 is 0.973 bits per heavy atom. The summed E-state index contributed by atoms with van der Waals surface area (Å²) in [6.07, 6.45) is 1.47. The number of nitrogens with one attached hydrogen (secondary N) is 1. The van der Waals surface area contributed by atoms with E-state index in [1.807, 2.05) is 13.0 Å². The van der Waals surface area contributed by atoms with E-state index in [1.54, 1.807) is 61.0 Å². The number of carbonyl (C=O) groups excluding carboxylic acids is 2. The van der Waals surface area contributed by atoms with Gasteiger partial charge in [-0.1, -0.05) is 41.4 Å². The maximum Gasteiger partial charge on any atom is 0.280 e. The van der Waals surface area contributed by atoms with Gasteiger partial charge in [0.25, 0.3) is 17.4 Å². The van der Waals surface area contributed by atoms with E-state index in [9.17, 15) is 14.4 Å². The van der Waals surface area contributed by atoms with Crippen molar-refractivity contribution in [1.29, 1.82) is 0 Å². The second-order valence-electron chi connectivity index (χ2n) is 8.46. The van der Waals surface area contributed by atoms with Gasteiger partial charge in [-0.2, -0.15) is 4.68 Å². The average Bonchev–Trinajstić information content (AvgIpc) is 3.12. The SMILES string of the molecule is Cc1cc(C=C2C(=O)NC(=S)N(c3cccc(Cl)c3Cl)C2=O)c(C)n1-n1c(C)nc2ccccc2c1=O. The molecule has 2 aromatic heterocycles. The Morgan fingerprint density at radius 3 is 2.46 bits per heavy atom. The van der Waals surface area contributed by atoms with Gasteiger partial charge in [0.1, 0.15) is 11.4 Å². The first-order chi connectivity index (χ1) is 17.6. The molecule has 186 valence electrons. The minimum atomic E-state index is -0.650. The van der Waals surface area contributed by atoms with E-state index in [0.29, 0.717) is 33.7 Å². The van der Waals surface area contributed by atoms with Crippen LogP contribution in [0.3, 0.4) is 0 Å². The molecule has 3 heterocycles. The third-order valence-electron chi connectivity index (χ3n) is 6.12. The number of carbonyl (C=O) groups is 2. The zero-order valence-corrected chi connectivity index (χ0v) is 22.2. The van der Waals surface area contributed by atoms with Gasteiger partial charge in [-0.3, -0.25) is 29.3 Å². The Bertz CT molecular complexity index is 1760. The fraction of sp³-hybridized carbons (Fsp3) is 0.115. The van der Waals surface area contributed by atoms with Crippen LogP contribution in [-0.2, 0) is 9.59 Å². The molecule has 0 radical (unpaired) electrons. The second-order valence-corrected chi connectivity index (χ2v) is 9.63. The molecule has 0 bridgehead atoms. The van der Waals surface area contributed by atoms with Gasteiger partial charge in [0.2, 0.25) is 0 Å². The van der Waals surface area contributed by atoms with E-state index in [4.69, 9.17) is 35.4 Å².